The number of furan rings is 1. The zero-order valence-electron chi connectivity index (χ0n) is 21.2. The van der Waals surface area contributed by atoms with E-state index in [-0.39, 0.29) is 18.0 Å². The van der Waals surface area contributed by atoms with Crippen molar-refractivity contribution in [1.29, 1.82) is 0 Å². The summed E-state index contributed by atoms with van der Waals surface area (Å²) in [6.07, 6.45) is 1.57. The van der Waals surface area contributed by atoms with Gasteiger partial charge in [-0.15, -0.1) is 0 Å². The molecule has 1 amide bonds. The number of hydrogen-bond acceptors (Lipinski definition) is 5. The van der Waals surface area contributed by atoms with Crippen LogP contribution in [-0.4, -0.2) is 27.5 Å². The molecule has 38 heavy (non-hydrogen) atoms. The van der Waals surface area contributed by atoms with Crippen molar-refractivity contribution in [3.8, 4) is 11.4 Å². The van der Waals surface area contributed by atoms with Crippen LogP contribution < -0.4 is 10.3 Å². The molecule has 0 aliphatic rings. The molecule has 0 aliphatic carbocycles. The van der Waals surface area contributed by atoms with Crippen molar-refractivity contribution in [2.45, 2.75) is 26.4 Å². The zero-order valence-corrected chi connectivity index (χ0v) is 22.8. The minimum absolute atomic E-state index is 0.188. The van der Waals surface area contributed by atoms with Gasteiger partial charge in [0.25, 0.3) is 11.5 Å². The normalized spacial score (nSPS) is 11.9. The third kappa shape index (κ3) is 4.87. The number of fused-ring (bicyclic) bond motifs is 1. The zero-order chi connectivity index (χ0) is 26.8. The van der Waals surface area contributed by atoms with Gasteiger partial charge in [-0.05, 0) is 74.0 Å². The molecule has 0 fully saturated rings. The number of carbonyl (C=O) groups is 1. The Kier molecular flexibility index (Phi) is 7.15. The lowest BCUT2D eigenvalue weighted by Gasteiger charge is -2.30. The molecule has 1 unspecified atom stereocenters. The van der Waals surface area contributed by atoms with Crippen LogP contribution in [0.4, 0.5) is 0 Å². The molecular formula is C30H26BrN3O4. The van der Waals surface area contributed by atoms with Gasteiger partial charge in [-0.25, -0.2) is 4.98 Å². The summed E-state index contributed by atoms with van der Waals surface area (Å²) < 4.78 is 13.6. The number of methoxy groups -OCH3 is 1. The van der Waals surface area contributed by atoms with Gasteiger partial charge in [-0.2, -0.15) is 0 Å². The molecule has 0 radical (unpaired) electrons. The van der Waals surface area contributed by atoms with E-state index in [4.69, 9.17) is 14.1 Å². The highest BCUT2D eigenvalue weighted by atomic mass is 79.9. The van der Waals surface area contributed by atoms with Crippen molar-refractivity contribution in [1.82, 2.24) is 14.5 Å². The summed E-state index contributed by atoms with van der Waals surface area (Å²) in [5.74, 6) is 1.33. The molecule has 5 rings (SSSR count). The number of aromatic nitrogens is 2. The van der Waals surface area contributed by atoms with Crippen molar-refractivity contribution in [2.24, 2.45) is 0 Å². The van der Waals surface area contributed by atoms with Crippen molar-refractivity contribution in [3.05, 3.63) is 123 Å². The molecule has 0 aliphatic heterocycles. The minimum Gasteiger partial charge on any atom is -0.495 e. The number of para-hydroxylation sites is 1. The predicted octanol–water partition coefficient (Wildman–Crippen LogP) is 6.46. The van der Waals surface area contributed by atoms with Crippen LogP contribution in [0.3, 0.4) is 0 Å². The van der Waals surface area contributed by atoms with Crippen LogP contribution in [-0.2, 0) is 6.54 Å². The maximum atomic E-state index is 14.0. The number of rotatable bonds is 7. The molecule has 0 bridgehead atoms. The highest BCUT2D eigenvalue weighted by molar-refractivity contribution is 9.10. The number of amides is 1. The summed E-state index contributed by atoms with van der Waals surface area (Å²) >= 11 is 3.46. The van der Waals surface area contributed by atoms with Gasteiger partial charge in [0, 0.05) is 10.0 Å². The second-order valence-corrected chi connectivity index (χ2v) is 9.92. The molecule has 0 spiro atoms. The van der Waals surface area contributed by atoms with Gasteiger partial charge in [-0.3, -0.25) is 14.2 Å². The molecule has 0 saturated carbocycles. The van der Waals surface area contributed by atoms with Crippen LogP contribution >= 0.6 is 15.9 Å². The highest BCUT2D eigenvalue weighted by Crippen LogP contribution is 2.30. The molecule has 1 atom stereocenters. The number of hydrogen-bond donors (Lipinski definition) is 0. The molecule has 0 saturated heterocycles. The first kappa shape index (κ1) is 25.5. The summed E-state index contributed by atoms with van der Waals surface area (Å²) in [5.41, 5.74) is 2.33. The summed E-state index contributed by atoms with van der Waals surface area (Å²) in [6, 6.07) is 23.0. The average molecular weight is 572 g/mol. The largest absolute Gasteiger partial charge is 0.495 e. The second-order valence-electron chi connectivity index (χ2n) is 9.00. The highest BCUT2D eigenvalue weighted by Gasteiger charge is 2.29. The van der Waals surface area contributed by atoms with Crippen molar-refractivity contribution < 1.29 is 13.9 Å². The van der Waals surface area contributed by atoms with Crippen LogP contribution in [0.5, 0.6) is 5.75 Å². The Morgan fingerprint density at radius 2 is 1.89 bits per heavy atom. The third-order valence-electron chi connectivity index (χ3n) is 6.46. The number of nitrogens with zero attached hydrogens (tertiary/aromatic N) is 3. The van der Waals surface area contributed by atoms with Gasteiger partial charge in [-0.1, -0.05) is 40.2 Å². The smallest absolute Gasteiger partial charge is 0.266 e. The Balaban J connectivity index is 1.74. The van der Waals surface area contributed by atoms with Crippen LogP contribution in [0.15, 0.2) is 98.8 Å². The molecule has 192 valence electrons. The molecule has 3 aromatic carbocycles. The SMILES string of the molecule is COc1ccc(C)cc1-n1c(C(C)N(Cc2ccco2)C(=O)c2cccc(Br)c2)nc2ccccc2c1=O. The lowest BCUT2D eigenvalue weighted by Crippen LogP contribution is -2.37. The summed E-state index contributed by atoms with van der Waals surface area (Å²) in [5, 5.41) is 0.475. The number of aryl methyl sites for hydroxylation is 1. The van der Waals surface area contributed by atoms with E-state index in [2.05, 4.69) is 15.9 Å². The lowest BCUT2D eigenvalue weighted by molar-refractivity contribution is 0.0648. The number of benzene rings is 3. The van der Waals surface area contributed by atoms with E-state index in [1.807, 2.05) is 62.4 Å². The number of carbonyl (C=O) groups excluding carboxylic acids is 1. The maximum absolute atomic E-state index is 14.0. The molecule has 2 heterocycles. The summed E-state index contributed by atoms with van der Waals surface area (Å²) in [4.78, 5) is 34.5. The summed E-state index contributed by atoms with van der Waals surface area (Å²) in [7, 11) is 1.57. The molecule has 0 N–H and O–H groups in total. The quantitative estimate of drug-likeness (QED) is 0.224. The second kappa shape index (κ2) is 10.7. The Labute approximate surface area is 228 Å². The van der Waals surface area contributed by atoms with Crippen LogP contribution in [0.2, 0.25) is 0 Å². The van der Waals surface area contributed by atoms with E-state index < -0.39 is 6.04 Å². The predicted molar refractivity (Wildman–Crippen MR) is 150 cm³/mol. The van der Waals surface area contributed by atoms with Crippen LogP contribution in [0, 0.1) is 6.92 Å². The number of halogens is 1. The molecule has 5 aromatic rings. The van der Waals surface area contributed by atoms with Gasteiger partial charge in [0.05, 0.1) is 42.5 Å². The molecule has 7 nitrogen and oxygen atoms in total. The fourth-order valence-electron chi connectivity index (χ4n) is 4.52. The first-order chi connectivity index (χ1) is 18.4. The Morgan fingerprint density at radius 3 is 2.63 bits per heavy atom. The summed E-state index contributed by atoms with van der Waals surface area (Å²) in [6.45, 7) is 4.01. The van der Waals surface area contributed by atoms with E-state index in [0.29, 0.717) is 39.5 Å². The third-order valence-corrected chi connectivity index (χ3v) is 6.95. The Bertz CT molecular complexity index is 1680. The van der Waals surface area contributed by atoms with Crippen molar-refractivity contribution >= 4 is 32.7 Å². The van der Waals surface area contributed by atoms with Crippen molar-refractivity contribution in [3.63, 3.8) is 0 Å². The monoisotopic (exact) mass is 571 g/mol. The van der Waals surface area contributed by atoms with E-state index >= 15 is 0 Å². The van der Waals surface area contributed by atoms with E-state index in [0.717, 1.165) is 10.0 Å². The minimum atomic E-state index is -0.617. The Hall–Kier alpha value is -4.17. The lowest BCUT2D eigenvalue weighted by atomic mass is 10.1. The number of ether oxygens (including phenoxy) is 1. The molecular weight excluding hydrogens is 546 g/mol. The van der Waals surface area contributed by atoms with Gasteiger partial charge in [0.1, 0.15) is 17.3 Å². The van der Waals surface area contributed by atoms with Crippen LogP contribution in [0.1, 0.15) is 40.5 Å². The Morgan fingerprint density at radius 1 is 1.08 bits per heavy atom. The van der Waals surface area contributed by atoms with Gasteiger partial charge in [0.2, 0.25) is 0 Å². The average Bonchev–Trinajstić information content (AvgIpc) is 3.44. The van der Waals surface area contributed by atoms with Gasteiger partial charge < -0.3 is 14.1 Å². The first-order valence-corrected chi connectivity index (χ1v) is 12.9. The standard InChI is InChI=1S/C30H26BrN3O4/c1-19-13-14-27(37-3)26(16-19)34-28(32-25-12-5-4-11-24(25)30(34)36)20(2)33(18-23-10-7-15-38-23)29(35)21-8-6-9-22(31)17-21/h4-17,20H,18H2,1-3H3. The van der Waals surface area contributed by atoms with E-state index in [1.54, 1.807) is 53.2 Å². The van der Waals surface area contributed by atoms with E-state index in [1.165, 1.54) is 0 Å². The fourth-order valence-corrected chi connectivity index (χ4v) is 4.92. The van der Waals surface area contributed by atoms with E-state index in [9.17, 15) is 9.59 Å². The molecule has 2 aromatic heterocycles. The molecule has 8 heteroatoms. The van der Waals surface area contributed by atoms with Crippen LogP contribution in [0.25, 0.3) is 16.6 Å². The maximum Gasteiger partial charge on any atom is 0.266 e. The first-order valence-electron chi connectivity index (χ1n) is 12.1. The van der Waals surface area contributed by atoms with Gasteiger partial charge in [0.15, 0.2) is 0 Å². The fraction of sp³-hybridized carbons (Fsp3) is 0.167. The van der Waals surface area contributed by atoms with Gasteiger partial charge >= 0.3 is 0 Å². The van der Waals surface area contributed by atoms with Crippen molar-refractivity contribution in [2.75, 3.05) is 7.11 Å². The topological polar surface area (TPSA) is 77.6 Å².